The molecule has 2 heterocycles. The summed E-state index contributed by atoms with van der Waals surface area (Å²) in [6.45, 7) is 3.18. The Bertz CT molecular complexity index is 973. The maximum Gasteiger partial charge on any atom is 0.282 e. The number of carbonyl (C=O) groups is 1. The molecule has 0 aliphatic carbocycles. The summed E-state index contributed by atoms with van der Waals surface area (Å²) in [5.41, 5.74) is 3.42. The minimum atomic E-state index is -0.294. The van der Waals surface area contributed by atoms with E-state index < -0.39 is 0 Å². The summed E-state index contributed by atoms with van der Waals surface area (Å²) < 4.78 is 13.0. The highest BCUT2D eigenvalue weighted by Crippen LogP contribution is 2.32. The molecule has 5 nitrogen and oxygen atoms in total. The molecule has 1 unspecified atom stereocenters. The molecular formula is C21H21FN4OS. The van der Waals surface area contributed by atoms with Crippen LogP contribution >= 0.6 is 11.3 Å². The number of carbonyl (C=O) groups excluding carboxylic acids is 1. The summed E-state index contributed by atoms with van der Waals surface area (Å²) >= 11 is 1.31. The van der Waals surface area contributed by atoms with E-state index in [2.05, 4.69) is 51.6 Å². The van der Waals surface area contributed by atoms with Gasteiger partial charge in [-0.25, -0.2) is 4.39 Å². The van der Waals surface area contributed by atoms with Crippen molar-refractivity contribution in [1.29, 1.82) is 0 Å². The second-order valence-corrected chi connectivity index (χ2v) is 8.02. The topological polar surface area (TPSA) is 58.1 Å². The second-order valence-electron chi connectivity index (χ2n) is 6.95. The number of nitrogens with zero attached hydrogens (tertiary/aromatic N) is 3. The van der Waals surface area contributed by atoms with Crippen molar-refractivity contribution in [3.63, 3.8) is 0 Å². The fourth-order valence-electron chi connectivity index (χ4n) is 3.42. The second kappa shape index (κ2) is 8.06. The molecule has 3 aromatic rings. The van der Waals surface area contributed by atoms with Gasteiger partial charge in [0, 0.05) is 18.3 Å². The van der Waals surface area contributed by atoms with Crippen molar-refractivity contribution in [3.8, 4) is 0 Å². The fourth-order valence-corrected chi connectivity index (χ4v) is 4.17. The highest BCUT2D eigenvalue weighted by Gasteiger charge is 2.24. The molecule has 1 aliphatic rings. The number of nitrogens with one attached hydrogen (secondary N) is 1. The Morgan fingerprint density at radius 1 is 1.21 bits per heavy atom. The van der Waals surface area contributed by atoms with E-state index in [4.69, 9.17) is 0 Å². The largest absolute Gasteiger partial charge is 0.362 e. The van der Waals surface area contributed by atoms with Crippen LogP contribution in [0.25, 0.3) is 0 Å². The normalized spacial score (nSPS) is 15.9. The Morgan fingerprint density at radius 3 is 2.82 bits per heavy atom. The highest BCUT2D eigenvalue weighted by molar-refractivity contribution is 7.13. The van der Waals surface area contributed by atoms with Crippen LogP contribution in [0.1, 0.15) is 39.3 Å². The first kappa shape index (κ1) is 18.6. The van der Waals surface area contributed by atoms with Gasteiger partial charge in [-0.1, -0.05) is 41.7 Å². The van der Waals surface area contributed by atoms with Gasteiger partial charge in [0.15, 0.2) is 0 Å². The van der Waals surface area contributed by atoms with Crippen molar-refractivity contribution in [1.82, 2.24) is 15.5 Å². The summed E-state index contributed by atoms with van der Waals surface area (Å²) in [5.74, 6) is -0.558. The zero-order valence-electron chi connectivity index (χ0n) is 15.6. The van der Waals surface area contributed by atoms with Crippen molar-refractivity contribution in [3.05, 3.63) is 75.5 Å². The number of amides is 1. The first-order valence-corrected chi connectivity index (χ1v) is 10.1. The number of aromatic nitrogens is 2. The Kier molecular flexibility index (Phi) is 5.34. The SMILES string of the molecule is CC1CCc2ccccc2N1Cc1nnc(C(=O)NCc2ccc(F)cc2)s1. The van der Waals surface area contributed by atoms with Gasteiger partial charge in [-0.2, -0.15) is 0 Å². The maximum atomic E-state index is 13.0. The third-order valence-corrected chi connectivity index (χ3v) is 5.90. The van der Waals surface area contributed by atoms with Crippen LogP contribution in [0.2, 0.25) is 0 Å². The van der Waals surface area contributed by atoms with Crippen molar-refractivity contribution in [2.24, 2.45) is 0 Å². The molecular weight excluding hydrogens is 375 g/mol. The average Bonchev–Trinajstić information content (AvgIpc) is 3.18. The van der Waals surface area contributed by atoms with E-state index in [1.807, 2.05) is 0 Å². The van der Waals surface area contributed by atoms with Crippen molar-refractivity contribution < 1.29 is 9.18 Å². The quantitative estimate of drug-likeness (QED) is 0.710. The summed E-state index contributed by atoms with van der Waals surface area (Å²) in [4.78, 5) is 14.7. The molecule has 1 aromatic heterocycles. The molecule has 0 bridgehead atoms. The van der Waals surface area contributed by atoms with Gasteiger partial charge in [0.25, 0.3) is 5.91 Å². The zero-order chi connectivity index (χ0) is 19.5. The molecule has 144 valence electrons. The summed E-state index contributed by atoms with van der Waals surface area (Å²) in [7, 11) is 0. The van der Waals surface area contributed by atoms with E-state index in [1.54, 1.807) is 12.1 Å². The van der Waals surface area contributed by atoms with Crippen LogP contribution in [-0.2, 0) is 19.5 Å². The molecule has 4 rings (SSSR count). The van der Waals surface area contributed by atoms with Crippen LogP contribution in [0.5, 0.6) is 0 Å². The molecule has 2 aromatic carbocycles. The van der Waals surface area contributed by atoms with Gasteiger partial charge in [-0.05, 0) is 49.1 Å². The van der Waals surface area contributed by atoms with E-state index in [0.29, 0.717) is 24.1 Å². The van der Waals surface area contributed by atoms with E-state index in [-0.39, 0.29) is 11.7 Å². The van der Waals surface area contributed by atoms with Crippen LogP contribution in [0.15, 0.2) is 48.5 Å². The molecule has 0 radical (unpaired) electrons. The molecule has 0 fully saturated rings. The van der Waals surface area contributed by atoms with Crippen molar-refractivity contribution in [2.45, 2.75) is 38.9 Å². The molecule has 1 atom stereocenters. The number of fused-ring (bicyclic) bond motifs is 1. The predicted octanol–water partition coefficient (Wildman–Crippen LogP) is 3.95. The first-order valence-electron chi connectivity index (χ1n) is 9.30. The van der Waals surface area contributed by atoms with Gasteiger partial charge in [0.05, 0.1) is 6.54 Å². The lowest BCUT2D eigenvalue weighted by molar-refractivity contribution is 0.0950. The number of para-hydroxylation sites is 1. The monoisotopic (exact) mass is 396 g/mol. The lowest BCUT2D eigenvalue weighted by Gasteiger charge is -2.36. The van der Waals surface area contributed by atoms with Crippen LogP contribution in [0.3, 0.4) is 0 Å². The number of benzene rings is 2. The van der Waals surface area contributed by atoms with E-state index in [0.717, 1.165) is 23.4 Å². The molecule has 0 saturated heterocycles. The summed E-state index contributed by atoms with van der Waals surface area (Å²) in [6.07, 6.45) is 2.18. The van der Waals surface area contributed by atoms with E-state index in [9.17, 15) is 9.18 Å². The maximum absolute atomic E-state index is 13.0. The number of hydrogen-bond donors (Lipinski definition) is 1. The van der Waals surface area contributed by atoms with Crippen molar-refractivity contribution >= 4 is 22.9 Å². The van der Waals surface area contributed by atoms with Gasteiger partial charge >= 0.3 is 0 Å². The van der Waals surface area contributed by atoms with Crippen LogP contribution in [0, 0.1) is 5.82 Å². The third kappa shape index (κ3) is 4.04. The molecule has 28 heavy (non-hydrogen) atoms. The smallest absolute Gasteiger partial charge is 0.282 e. The summed E-state index contributed by atoms with van der Waals surface area (Å²) in [6, 6.07) is 14.9. The molecule has 0 spiro atoms. The molecule has 1 N–H and O–H groups in total. The van der Waals surface area contributed by atoms with Gasteiger partial charge < -0.3 is 10.2 Å². The lowest BCUT2D eigenvalue weighted by Crippen LogP contribution is -2.36. The van der Waals surface area contributed by atoms with Crippen molar-refractivity contribution in [2.75, 3.05) is 4.90 Å². The minimum Gasteiger partial charge on any atom is -0.362 e. The number of anilines is 1. The van der Waals surface area contributed by atoms with Crippen LogP contribution in [0.4, 0.5) is 10.1 Å². The predicted molar refractivity (Wildman–Crippen MR) is 108 cm³/mol. The van der Waals surface area contributed by atoms with Gasteiger partial charge in [-0.15, -0.1) is 10.2 Å². The number of rotatable bonds is 5. The standard InChI is InChI=1S/C21H21FN4OS/c1-14-6-9-16-4-2-3-5-18(16)26(14)13-19-24-25-21(28-19)20(27)23-12-15-7-10-17(22)11-8-15/h2-5,7-8,10-11,14H,6,9,12-13H2,1H3,(H,23,27). The molecule has 1 aliphatic heterocycles. The summed E-state index contributed by atoms with van der Waals surface area (Å²) in [5, 5.41) is 12.2. The van der Waals surface area contributed by atoms with Crippen LogP contribution < -0.4 is 10.2 Å². The number of aryl methyl sites for hydroxylation is 1. The lowest BCUT2D eigenvalue weighted by atomic mass is 9.97. The minimum absolute atomic E-state index is 0.264. The number of halogens is 1. The zero-order valence-corrected chi connectivity index (χ0v) is 16.4. The van der Waals surface area contributed by atoms with E-state index >= 15 is 0 Å². The fraction of sp³-hybridized carbons (Fsp3) is 0.286. The molecule has 0 saturated carbocycles. The average molecular weight is 396 g/mol. The Hall–Kier alpha value is -2.80. The Morgan fingerprint density at radius 2 is 2.00 bits per heavy atom. The first-order chi connectivity index (χ1) is 13.6. The Labute approximate surface area is 167 Å². The van der Waals surface area contributed by atoms with E-state index in [1.165, 1.54) is 34.7 Å². The van der Waals surface area contributed by atoms with Gasteiger partial charge in [-0.3, -0.25) is 4.79 Å². The molecule has 1 amide bonds. The Balaban J connectivity index is 1.41. The third-order valence-electron chi connectivity index (χ3n) is 5.00. The van der Waals surface area contributed by atoms with Gasteiger partial charge in [0.2, 0.25) is 5.01 Å². The highest BCUT2D eigenvalue weighted by atomic mass is 32.1. The molecule has 7 heteroatoms. The van der Waals surface area contributed by atoms with Crippen LogP contribution in [-0.4, -0.2) is 22.1 Å². The van der Waals surface area contributed by atoms with Gasteiger partial charge in [0.1, 0.15) is 10.8 Å². The number of hydrogen-bond acceptors (Lipinski definition) is 5.